The van der Waals surface area contributed by atoms with Crippen molar-refractivity contribution in [3.05, 3.63) is 0 Å². The first-order valence-corrected chi connectivity index (χ1v) is 8.35. The van der Waals surface area contributed by atoms with Crippen LogP contribution in [0.2, 0.25) is 0 Å². The molecule has 0 spiro atoms. The van der Waals surface area contributed by atoms with Crippen LogP contribution in [-0.2, 0) is 9.59 Å². The highest BCUT2D eigenvalue weighted by Gasteiger charge is 2.60. The second-order valence-electron chi connectivity index (χ2n) is 6.15. The number of hydrogen-bond acceptors (Lipinski definition) is 2. The van der Waals surface area contributed by atoms with Gasteiger partial charge < -0.3 is 10.2 Å². The van der Waals surface area contributed by atoms with Crippen LogP contribution in [0.1, 0.15) is 85.5 Å². The Balaban J connectivity index is 6.05. The molecular formula is C17H32O4. The topological polar surface area (TPSA) is 74.6 Å². The maximum absolute atomic E-state index is 12.0. The zero-order chi connectivity index (χ0) is 16.5. The van der Waals surface area contributed by atoms with E-state index in [-0.39, 0.29) is 6.42 Å². The molecular weight excluding hydrogens is 268 g/mol. The summed E-state index contributed by atoms with van der Waals surface area (Å²) in [5, 5.41) is 19.7. The molecule has 0 aliphatic rings. The van der Waals surface area contributed by atoms with E-state index in [1.807, 2.05) is 20.8 Å². The number of rotatable bonds is 12. The molecule has 0 rings (SSSR count). The molecule has 2 N–H and O–H groups in total. The lowest BCUT2D eigenvalue weighted by Gasteiger charge is -2.46. The third-order valence-corrected chi connectivity index (χ3v) is 4.73. The Morgan fingerprint density at radius 2 is 1.14 bits per heavy atom. The SMILES string of the molecule is CCCCC(CCC)(CCC)C(CCC)(C(=O)O)C(=O)O. The summed E-state index contributed by atoms with van der Waals surface area (Å²) >= 11 is 0. The number of unbranched alkanes of at least 4 members (excludes halogenated alkanes) is 1. The zero-order valence-electron chi connectivity index (χ0n) is 14.1. The van der Waals surface area contributed by atoms with Gasteiger partial charge >= 0.3 is 11.9 Å². The molecule has 0 aromatic rings. The van der Waals surface area contributed by atoms with E-state index in [0.717, 1.165) is 25.7 Å². The van der Waals surface area contributed by atoms with E-state index >= 15 is 0 Å². The molecule has 0 aliphatic heterocycles. The molecule has 0 radical (unpaired) electrons. The van der Waals surface area contributed by atoms with Crippen molar-refractivity contribution in [1.29, 1.82) is 0 Å². The van der Waals surface area contributed by atoms with E-state index in [9.17, 15) is 19.8 Å². The van der Waals surface area contributed by atoms with Crippen LogP contribution >= 0.6 is 0 Å². The van der Waals surface area contributed by atoms with Gasteiger partial charge in [0.15, 0.2) is 5.41 Å². The average molecular weight is 300 g/mol. The highest BCUT2D eigenvalue weighted by Crippen LogP contribution is 2.53. The molecule has 0 aliphatic carbocycles. The third-order valence-electron chi connectivity index (χ3n) is 4.73. The van der Waals surface area contributed by atoms with Gasteiger partial charge in [-0.05, 0) is 31.1 Å². The minimum absolute atomic E-state index is 0.210. The van der Waals surface area contributed by atoms with Crippen LogP contribution < -0.4 is 0 Å². The Morgan fingerprint density at radius 3 is 1.43 bits per heavy atom. The van der Waals surface area contributed by atoms with Crippen molar-refractivity contribution in [2.24, 2.45) is 10.8 Å². The van der Waals surface area contributed by atoms with Gasteiger partial charge in [-0.15, -0.1) is 0 Å². The summed E-state index contributed by atoms with van der Waals surface area (Å²) in [6.07, 6.45) is 6.26. The van der Waals surface area contributed by atoms with Crippen LogP contribution in [0.3, 0.4) is 0 Å². The van der Waals surface area contributed by atoms with E-state index in [1.54, 1.807) is 0 Å². The lowest BCUT2D eigenvalue weighted by molar-refractivity contribution is -0.180. The molecule has 0 saturated carbocycles. The number of carboxylic acid groups (broad SMARTS) is 2. The van der Waals surface area contributed by atoms with Crippen molar-refractivity contribution in [2.75, 3.05) is 0 Å². The molecule has 124 valence electrons. The first-order chi connectivity index (χ1) is 9.88. The largest absolute Gasteiger partial charge is 0.480 e. The van der Waals surface area contributed by atoms with Crippen LogP contribution in [0.15, 0.2) is 0 Å². The van der Waals surface area contributed by atoms with Gasteiger partial charge in [0.25, 0.3) is 0 Å². The molecule has 0 heterocycles. The highest BCUT2D eigenvalue weighted by atomic mass is 16.4. The Morgan fingerprint density at radius 1 is 0.714 bits per heavy atom. The fourth-order valence-electron chi connectivity index (χ4n) is 3.89. The molecule has 4 nitrogen and oxygen atoms in total. The molecule has 0 fully saturated rings. The number of hydrogen-bond donors (Lipinski definition) is 2. The molecule has 0 atom stereocenters. The van der Waals surface area contributed by atoms with Crippen LogP contribution in [-0.4, -0.2) is 22.2 Å². The monoisotopic (exact) mass is 300 g/mol. The molecule has 0 unspecified atom stereocenters. The van der Waals surface area contributed by atoms with Crippen molar-refractivity contribution in [2.45, 2.75) is 85.5 Å². The fraction of sp³-hybridized carbons (Fsp3) is 0.882. The number of carbonyl (C=O) groups is 2. The van der Waals surface area contributed by atoms with Crippen LogP contribution in [0, 0.1) is 10.8 Å². The first-order valence-electron chi connectivity index (χ1n) is 8.35. The van der Waals surface area contributed by atoms with Gasteiger partial charge in [0.05, 0.1) is 0 Å². The van der Waals surface area contributed by atoms with E-state index in [4.69, 9.17) is 0 Å². The van der Waals surface area contributed by atoms with E-state index < -0.39 is 22.8 Å². The highest BCUT2D eigenvalue weighted by molar-refractivity contribution is 5.99. The van der Waals surface area contributed by atoms with Crippen LogP contribution in [0.4, 0.5) is 0 Å². The Hall–Kier alpha value is -1.06. The molecule has 0 aromatic heterocycles. The molecule has 21 heavy (non-hydrogen) atoms. The van der Waals surface area contributed by atoms with Gasteiger partial charge in [-0.3, -0.25) is 9.59 Å². The standard InChI is InChI=1S/C17H32O4/c1-5-9-13-16(10-6-2,11-7-3)17(12-8-4,14(18)19)15(20)21/h5-13H2,1-4H3,(H,18,19)(H,20,21). The Kier molecular flexibility index (Phi) is 8.60. The molecule has 0 saturated heterocycles. The lowest BCUT2D eigenvalue weighted by atomic mass is 9.55. The van der Waals surface area contributed by atoms with Crippen LogP contribution in [0.25, 0.3) is 0 Å². The maximum Gasteiger partial charge on any atom is 0.321 e. The number of aliphatic carboxylic acids is 2. The van der Waals surface area contributed by atoms with Gasteiger partial charge in [-0.1, -0.05) is 59.8 Å². The normalized spacial score (nSPS) is 12.4. The van der Waals surface area contributed by atoms with Crippen molar-refractivity contribution in [3.63, 3.8) is 0 Å². The van der Waals surface area contributed by atoms with Gasteiger partial charge in [-0.2, -0.15) is 0 Å². The smallest absolute Gasteiger partial charge is 0.321 e. The van der Waals surface area contributed by atoms with E-state index in [2.05, 4.69) is 6.92 Å². The minimum Gasteiger partial charge on any atom is -0.480 e. The van der Waals surface area contributed by atoms with Crippen LogP contribution in [0.5, 0.6) is 0 Å². The number of carboxylic acids is 2. The summed E-state index contributed by atoms with van der Waals surface area (Å²) in [7, 11) is 0. The van der Waals surface area contributed by atoms with E-state index in [1.165, 1.54) is 0 Å². The minimum atomic E-state index is -1.65. The first kappa shape index (κ1) is 19.9. The summed E-state index contributed by atoms with van der Waals surface area (Å²) in [6.45, 7) is 7.95. The Bertz CT molecular complexity index is 316. The van der Waals surface area contributed by atoms with Crippen molar-refractivity contribution in [1.82, 2.24) is 0 Å². The Labute approximate surface area is 128 Å². The summed E-state index contributed by atoms with van der Waals surface area (Å²) in [5.41, 5.74) is -2.29. The fourth-order valence-corrected chi connectivity index (χ4v) is 3.89. The predicted molar refractivity (Wildman–Crippen MR) is 84.4 cm³/mol. The van der Waals surface area contributed by atoms with Gasteiger partial charge in [0.1, 0.15) is 0 Å². The molecule has 0 amide bonds. The summed E-state index contributed by atoms with van der Waals surface area (Å²) in [5.74, 6) is -2.32. The quantitative estimate of drug-likeness (QED) is 0.511. The zero-order valence-corrected chi connectivity index (χ0v) is 14.1. The van der Waals surface area contributed by atoms with Crippen molar-refractivity contribution >= 4 is 11.9 Å². The molecule has 0 bridgehead atoms. The predicted octanol–water partition coefficient (Wildman–Crippen LogP) is 4.72. The second-order valence-corrected chi connectivity index (χ2v) is 6.15. The van der Waals surface area contributed by atoms with E-state index in [0.29, 0.717) is 25.7 Å². The summed E-state index contributed by atoms with van der Waals surface area (Å²) < 4.78 is 0. The second kappa shape index (κ2) is 9.06. The van der Waals surface area contributed by atoms with Gasteiger partial charge in [0, 0.05) is 0 Å². The van der Waals surface area contributed by atoms with Gasteiger partial charge in [-0.25, -0.2) is 0 Å². The lowest BCUT2D eigenvalue weighted by Crippen LogP contribution is -2.53. The molecule has 4 heteroatoms. The summed E-state index contributed by atoms with van der Waals surface area (Å²) in [6, 6.07) is 0. The van der Waals surface area contributed by atoms with Gasteiger partial charge in [0.2, 0.25) is 0 Å². The molecule has 0 aromatic carbocycles. The summed E-state index contributed by atoms with van der Waals surface area (Å²) in [4.78, 5) is 24.1. The van der Waals surface area contributed by atoms with Crippen molar-refractivity contribution < 1.29 is 19.8 Å². The van der Waals surface area contributed by atoms with Crippen molar-refractivity contribution in [3.8, 4) is 0 Å². The average Bonchev–Trinajstić information content (AvgIpc) is 2.41. The maximum atomic E-state index is 12.0. The third kappa shape index (κ3) is 3.98.